The van der Waals surface area contributed by atoms with E-state index in [-0.39, 0.29) is 31.4 Å². The summed E-state index contributed by atoms with van der Waals surface area (Å²) in [6.45, 7) is 13.6. The minimum absolute atomic E-state index is 0.0770. The van der Waals surface area contributed by atoms with Crippen molar-refractivity contribution in [2.24, 2.45) is 11.8 Å². The standard InChI is InChI=1S/C27H43N3O7/c1-8-19-13-21(10-9-20(19)16-36-26(34)35)29-23(32)15-28-25(33)24(18(4)5)30-22(31)14-27(6,7)37-12-11-17(2)3/h9-10,13,17-18,24H,8,11-12,14-16H2,1-7H3,(H,28,33)(H,29,32)(H,30,31)(H,34,35). The number of rotatable bonds is 15. The van der Waals surface area contributed by atoms with Gasteiger partial charge in [-0.25, -0.2) is 4.79 Å². The lowest BCUT2D eigenvalue weighted by Crippen LogP contribution is -2.52. The minimum Gasteiger partial charge on any atom is -0.450 e. The molecule has 1 rings (SSSR count). The molecular formula is C27H43N3O7. The van der Waals surface area contributed by atoms with Crippen LogP contribution in [-0.4, -0.2) is 53.8 Å². The lowest BCUT2D eigenvalue weighted by atomic mass is 10.0. The summed E-state index contributed by atoms with van der Waals surface area (Å²) >= 11 is 0. The molecule has 0 heterocycles. The van der Waals surface area contributed by atoms with Gasteiger partial charge < -0.3 is 30.5 Å². The van der Waals surface area contributed by atoms with E-state index in [2.05, 4.69) is 34.5 Å². The predicted molar refractivity (Wildman–Crippen MR) is 141 cm³/mol. The smallest absolute Gasteiger partial charge is 0.450 e. The lowest BCUT2D eigenvalue weighted by Gasteiger charge is -2.27. The lowest BCUT2D eigenvalue weighted by molar-refractivity contribution is -0.134. The molecule has 0 aliphatic carbocycles. The Balaban J connectivity index is 2.64. The van der Waals surface area contributed by atoms with Crippen molar-refractivity contribution in [2.75, 3.05) is 18.5 Å². The Morgan fingerprint density at radius 2 is 1.70 bits per heavy atom. The predicted octanol–water partition coefficient (Wildman–Crippen LogP) is 3.87. The molecule has 0 fully saturated rings. The number of aryl methyl sites for hydroxylation is 1. The zero-order valence-electron chi connectivity index (χ0n) is 23.1. The fourth-order valence-corrected chi connectivity index (χ4v) is 3.56. The number of ether oxygens (including phenoxy) is 2. The fourth-order valence-electron chi connectivity index (χ4n) is 3.56. The van der Waals surface area contributed by atoms with E-state index >= 15 is 0 Å². The first-order valence-corrected chi connectivity index (χ1v) is 12.7. The Hall–Kier alpha value is -3.14. The fraction of sp³-hybridized carbons (Fsp3) is 0.630. The van der Waals surface area contributed by atoms with Crippen LogP contribution in [0.4, 0.5) is 10.5 Å². The number of carbonyl (C=O) groups excluding carboxylic acids is 3. The molecule has 208 valence electrons. The van der Waals surface area contributed by atoms with Gasteiger partial charge in [-0.1, -0.05) is 40.7 Å². The van der Waals surface area contributed by atoms with Crippen LogP contribution in [0.1, 0.15) is 72.4 Å². The highest BCUT2D eigenvalue weighted by molar-refractivity contribution is 5.96. The summed E-state index contributed by atoms with van der Waals surface area (Å²) in [4.78, 5) is 48.5. The summed E-state index contributed by atoms with van der Waals surface area (Å²) in [5.74, 6) is -0.871. The van der Waals surface area contributed by atoms with E-state index in [4.69, 9.17) is 9.84 Å². The maximum atomic E-state index is 12.8. The maximum absolute atomic E-state index is 12.8. The van der Waals surface area contributed by atoms with Crippen molar-refractivity contribution in [2.45, 2.75) is 86.0 Å². The van der Waals surface area contributed by atoms with E-state index in [9.17, 15) is 19.2 Å². The van der Waals surface area contributed by atoms with E-state index in [1.807, 2.05) is 34.6 Å². The number of carboxylic acid groups (broad SMARTS) is 1. The minimum atomic E-state index is -1.36. The second-order valence-corrected chi connectivity index (χ2v) is 10.4. The molecule has 1 atom stereocenters. The van der Waals surface area contributed by atoms with Gasteiger partial charge in [0, 0.05) is 12.3 Å². The molecule has 10 nitrogen and oxygen atoms in total. The third-order valence-corrected chi connectivity index (χ3v) is 5.69. The van der Waals surface area contributed by atoms with Crippen LogP contribution in [0.3, 0.4) is 0 Å². The van der Waals surface area contributed by atoms with Crippen molar-refractivity contribution >= 4 is 29.6 Å². The molecule has 0 spiro atoms. The average molecular weight is 522 g/mol. The number of benzene rings is 1. The number of carbonyl (C=O) groups is 4. The molecule has 0 aliphatic rings. The molecule has 10 heteroatoms. The molecule has 0 aliphatic heterocycles. The Kier molecular flexibility index (Phi) is 13.1. The third-order valence-electron chi connectivity index (χ3n) is 5.69. The zero-order valence-corrected chi connectivity index (χ0v) is 23.1. The van der Waals surface area contributed by atoms with Gasteiger partial charge in [-0.15, -0.1) is 0 Å². The van der Waals surface area contributed by atoms with Gasteiger partial charge in [0.25, 0.3) is 0 Å². The highest BCUT2D eigenvalue weighted by atomic mass is 16.7. The summed E-state index contributed by atoms with van der Waals surface area (Å²) < 4.78 is 10.5. The van der Waals surface area contributed by atoms with Gasteiger partial charge in [0.05, 0.1) is 18.6 Å². The van der Waals surface area contributed by atoms with Crippen molar-refractivity contribution in [3.05, 3.63) is 29.3 Å². The van der Waals surface area contributed by atoms with Crippen LogP contribution in [0, 0.1) is 11.8 Å². The van der Waals surface area contributed by atoms with Gasteiger partial charge in [-0.2, -0.15) is 0 Å². The van der Waals surface area contributed by atoms with Crippen LogP contribution in [-0.2, 0) is 36.9 Å². The first-order valence-electron chi connectivity index (χ1n) is 12.7. The summed E-state index contributed by atoms with van der Waals surface area (Å²) in [6.07, 6.45) is 0.265. The quantitative estimate of drug-likeness (QED) is 0.257. The van der Waals surface area contributed by atoms with E-state index in [1.165, 1.54) is 0 Å². The highest BCUT2D eigenvalue weighted by Gasteiger charge is 2.28. The number of nitrogens with one attached hydrogen (secondary N) is 3. The maximum Gasteiger partial charge on any atom is 0.506 e. The molecule has 4 N–H and O–H groups in total. The first-order chi connectivity index (χ1) is 17.2. The molecule has 1 aromatic carbocycles. The van der Waals surface area contributed by atoms with E-state index in [0.29, 0.717) is 30.2 Å². The molecule has 0 saturated heterocycles. The summed E-state index contributed by atoms with van der Waals surface area (Å²) in [7, 11) is 0. The summed E-state index contributed by atoms with van der Waals surface area (Å²) in [5.41, 5.74) is 1.40. The number of hydrogen-bond acceptors (Lipinski definition) is 6. The van der Waals surface area contributed by atoms with E-state index in [1.54, 1.807) is 18.2 Å². The highest BCUT2D eigenvalue weighted by Crippen LogP contribution is 2.18. The zero-order chi connectivity index (χ0) is 28.2. The first kappa shape index (κ1) is 31.9. The molecule has 3 amide bonds. The monoisotopic (exact) mass is 521 g/mol. The number of amides is 3. The van der Waals surface area contributed by atoms with E-state index < -0.39 is 29.6 Å². The van der Waals surface area contributed by atoms with Crippen LogP contribution >= 0.6 is 0 Å². The van der Waals surface area contributed by atoms with Gasteiger partial charge in [-0.3, -0.25) is 14.4 Å². The van der Waals surface area contributed by atoms with Crippen molar-refractivity contribution in [1.29, 1.82) is 0 Å². The topological polar surface area (TPSA) is 143 Å². The van der Waals surface area contributed by atoms with Crippen LogP contribution in [0.25, 0.3) is 0 Å². The van der Waals surface area contributed by atoms with Crippen LogP contribution in [0.2, 0.25) is 0 Å². The van der Waals surface area contributed by atoms with Gasteiger partial charge in [-0.05, 0) is 61.8 Å². The van der Waals surface area contributed by atoms with Gasteiger partial charge >= 0.3 is 6.16 Å². The third kappa shape index (κ3) is 12.6. The molecule has 0 aromatic heterocycles. The van der Waals surface area contributed by atoms with Gasteiger partial charge in [0.1, 0.15) is 12.6 Å². The Bertz CT molecular complexity index is 929. The molecule has 1 unspecified atom stereocenters. The molecular weight excluding hydrogens is 478 g/mol. The number of hydrogen-bond donors (Lipinski definition) is 4. The molecule has 0 saturated carbocycles. The average Bonchev–Trinajstić information content (AvgIpc) is 2.79. The molecule has 0 radical (unpaired) electrons. The van der Waals surface area contributed by atoms with Crippen molar-refractivity contribution < 1.29 is 33.8 Å². The van der Waals surface area contributed by atoms with Gasteiger partial charge in [0.2, 0.25) is 17.7 Å². The van der Waals surface area contributed by atoms with Crippen LogP contribution in [0.5, 0.6) is 0 Å². The Labute approximate surface area is 219 Å². The second-order valence-electron chi connectivity index (χ2n) is 10.4. The largest absolute Gasteiger partial charge is 0.506 e. The van der Waals surface area contributed by atoms with Crippen molar-refractivity contribution in [1.82, 2.24) is 10.6 Å². The van der Waals surface area contributed by atoms with Crippen LogP contribution < -0.4 is 16.0 Å². The number of anilines is 1. The molecule has 0 bridgehead atoms. The molecule has 37 heavy (non-hydrogen) atoms. The summed E-state index contributed by atoms with van der Waals surface area (Å²) in [6, 6.07) is 4.27. The Morgan fingerprint density at radius 1 is 1.03 bits per heavy atom. The second kappa shape index (κ2) is 15.2. The SMILES string of the molecule is CCc1cc(NC(=O)CNC(=O)C(NC(=O)CC(C)(C)OCCC(C)C)C(C)C)ccc1COC(=O)O. The summed E-state index contributed by atoms with van der Waals surface area (Å²) in [5, 5.41) is 16.8. The van der Waals surface area contributed by atoms with Gasteiger partial charge in [0.15, 0.2) is 0 Å². The molecule has 1 aromatic rings. The van der Waals surface area contributed by atoms with Crippen molar-refractivity contribution in [3.63, 3.8) is 0 Å². The van der Waals surface area contributed by atoms with E-state index in [0.717, 1.165) is 12.0 Å². The van der Waals surface area contributed by atoms with Crippen LogP contribution in [0.15, 0.2) is 18.2 Å². The Morgan fingerprint density at radius 3 is 2.27 bits per heavy atom. The van der Waals surface area contributed by atoms with Crippen molar-refractivity contribution in [3.8, 4) is 0 Å². The normalized spacial score (nSPS) is 12.2.